The van der Waals surface area contributed by atoms with Crippen molar-refractivity contribution in [2.75, 3.05) is 20.8 Å². The first kappa shape index (κ1) is 18.3. The van der Waals surface area contributed by atoms with Gasteiger partial charge >= 0.3 is 0 Å². The third-order valence-electron chi connectivity index (χ3n) is 3.40. The van der Waals surface area contributed by atoms with E-state index in [0.29, 0.717) is 23.7 Å². The zero-order valence-electron chi connectivity index (χ0n) is 13.6. The van der Waals surface area contributed by atoms with Crippen LogP contribution in [0.1, 0.15) is 15.9 Å². The lowest BCUT2D eigenvalue weighted by Crippen LogP contribution is -2.03. The van der Waals surface area contributed by atoms with Gasteiger partial charge < -0.3 is 19.3 Å². The van der Waals surface area contributed by atoms with E-state index in [1.54, 1.807) is 18.2 Å². The van der Waals surface area contributed by atoms with E-state index in [4.69, 9.17) is 9.47 Å². The number of carbonyl (C=O) groups excluding carboxylic acids is 1. The fourth-order valence-electron chi connectivity index (χ4n) is 2.16. The topological polar surface area (TPSA) is 65.0 Å². The first-order chi connectivity index (χ1) is 12.0. The molecule has 7 heteroatoms. The van der Waals surface area contributed by atoms with Crippen LogP contribution >= 0.6 is 0 Å². The van der Waals surface area contributed by atoms with Crippen LogP contribution in [0.2, 0.25) is 0 Å². The number of hydrogen-bond acceptors (Lipinski definition) is 5. The number of aromatic hydroxyl groups is 1. The van der Waals surface area contributed by atoms with Gasteiger partial charge in [-0.25, -0.2) is 8.78 Å². The van der Waals surface area contributed by atoms with E-state index in [1.165, 1.54) is 26.4 Å². The summed E-state index contributed by atoms with van der Waals surface area (Å²) in [5.41, 5.74) is 0.0833. The molecule has 1 aliphatic rings. The van der Waals surface area contributed by atoms with Crippen LogP contribution in [-0.2, 0) is 0 Å². The molecule has 0 bridgehead atoms. The highest BCUT2D eigenvalue weighted by Crippen LogP contribution is 2.35. The fourth-order valence-corrected chi connectivity index (χ4v) is 2.16. The molecule has 0 saturated carbocycles. The minimum Gasteiger partial charge on any atom is -0.504 e. The van der Waals surface area contributed by atoms with Crippen molar-refractivity contribution in [3.8, 4) is 23.0 Å². The summed E-state index contributed by atoms with van der Waals surface area (Å²) in [6.45, 7) is 0.465. The minimum absolute atomic E-state index is 0.0819. The first-order valence-corrected chi connectivity index (χ1v) is 7.20. The second-order valence-electron chi connectivity index (χ2n) is 4.84. The lowest BCUT2D eigenvalue weighted by molar-refractivity contribution is 0.111. The Labute approximate surface area is 143 Å². The molecular weight excluding hydrogens is 334 g/mol. The zero-order valence-corrected chi connectivity index (χ0v) is 13.6. The Hall–Kier alpha value is -3.09. The summed E-state index contributed by atoms with van der Waals surface area (Å²) in [5.74, 6) is -0.369. The molecule has 0 aliphatic carbocycles. The molecule has 3 rings (SSSR count). The average Bonchev–Trinajstić information content (AvgIpc) is 2.63. The van der Waals surface area contributed by atoms with E-state index < -0.39 is 11.6 Å². The third-order valence-corrected chi connectivity index (χ3v) is 3.40. The van der Waals surface area contributed by atoms with Crippen molar-refractivity contribution in [1.82, 2.24) is 0 Å². The summed E-state index contributed by atoms with van der Waals surface area (Å²) in [4.78, 5) is 10.3. The molecule has 0 radical (unpaired) electrons. The predicted molar refractivity (Wildman–Crippen MR) is 87.5 cm³/mol. The number of halogens is 2. The molecule has 0 spiro atoms. The number of rotatable bonds is 3. The normalized spacial score (nSPS) is 11.5. The van der Waals surface area contributed by atoms with E-state index in [0.717, 1.165) is 6.07 Å². The maximum Gasteiger partial charge on any atom is 0.171 e. The van der Waals surface area contributed by atoms with Gasteiger partial charge in [0.05, 0.1) is 25.3 Å². The van der Waals surface area contributed by atoms with E-state index in [-0.39, 0.29) is 23.4 Å². The van der Waals surface area contributed by atoms with Gasteiger partial charge in [-0.2, -0.15) is 0 Å². The van der Waals surface area contributed by atoms with Crippen molar-refractivity contribution in [1.29, 1.82) is 0 Å². The van der Waals surface area contributed by atoms with Crippen molar-refractivity contribution in [3.05, 3.63) is 53.1 Å². The number of carbonyl (C=O) groups is 1. The van der Waals surface area contributed by atoms with Crippen LogP contribution in [0, 0.1) is 11.6 Å². The number of phenols is 1. The van der Waals surface area contributed by atoms with Crippen molar-refractivity contribution in [2.24, 2.45) is 0 Å². The predicted octanol–water partition coefficient (Wildman–Crippen LogP) is 3.59. The minimum atomic E-state index is -0.761. The summed E-state index contributed by atoms with van der Waals surface area (Å²) >= 11 is 0. The smallest absolute Gasteiger partial charge is 0.171 e. The van der Waals surface area contributed by atoms with Crippen LogP contribution in [0.25, 0.3) is 6.08 Å². The number of phenolic OH excluding ortho intramolecular Hbond substituents is 1. The molecule has 0 saturated heterocycles. The van der Waals surface area contributed by atoms with Gasteiger partial charge in [0, 0.05) is 0 Å². The van der Waals surface area contributed by atoms with Crippen LogP contribution in [0.15, 0.2) is 30.3 Å². The largest absolute Gasteiger partial charge is 0.504 e. The summed E-state index contributed by atoms with van der Waals surface area (Å²) in [6.07, 6.45) is 3.72. The highest BCUT2D eigenvalue weighted by Gasteiger charge is 2.15. The number of hydrogen-bond donors (Lipinski definition) is 1. The van der Waals surface area contributed by atoms with E-state index in [2.05, 4.69) is 4.74 Å². The van der Waals surface area contributed by atoms with E-state index >= 15 is 0 Å². The lowest BCUT2D eigenvalue weighted by atomic mass is 10.1. The Morgan fingerprint density at radius 2 is 1.72 bits per heavy atom. The maximum atomic E-state index is 13.2. The van der Waals surface area contributed by atoms with Crippen molar-refractivity contribution in [2.45, 2.75) is 0 Å². The molecule has 132 valence electrons. The number of benzene rings is 2. The molecule has 25 heavy (non-hydrogen) atoms. The second-order valence-corrected chi connectivity index (χ2v) is 4.84. The Morgan fingerprint density at radius 3 is 2.36 bits per heavy atom. The lowest BCUT2D eigenvalue weighted by Gasteiger charge is -2.15. The third kappa shape index (κ3) is 3.88. The number of ether oxygens (including phenoxy) is 3. The molecular formula is C18H16F2O5. The highest BCUT2D eigenvalue weighted by atomic mass is 19.1. The highest BCUT2D eigenvalue weighted by molar-refractivity contribution is 5.81. The molecule has 0 aromatic heterocycles. The number of fused-ring (bicyclic) bond motifs is 1. The Kier molecular flexibility index (Phi) is 5.94. The van der Waals surface area contributed by atoms with Crippen molar-refractivity contribution < 1.29 is 32.9 Å². The van der Waals surface area contributed by atoms with Gasteiger partial charge in [0.1, 0.15) is 18.2 Å². The van der Waals surface area contributed by atoms with Crippen LogP contribution in [-0.4, -0.2) is 32.2 Å². The molecule has 1 N–H and O–H groups in total. The van der Waals surface area contributed by atoms with Crippen LogP contribution in [0.5, 0.6) is 23.0 Å². The van der Waals surface area contributed by atoms with E-state index in [9.17, 15) is 18.7 Å². The monoisotopic (exact) mass is 350 g/mol. The maximum absolute atomic E-state index is 13.2. The second kappa shape index (κ2) is 8.14. The fraction of sp³-hybridized carbons (Fsp3) is 0.167. The zero-order chi connectivity index (χ0) is 18.4. The molecule has 2 aromatic carbocycles. The van der Waals surface area contributed by atoms with Gasteiger partial charge in [-0.15, -0.1) is 0 Å². The SMILES string of the molecule is COc1ccc(F)c(C=O)c1O.COc1ccc(F)c2c1OCC=C2. The van der Waals surface area contributed by atoms with Crippen molar-refractivity contribution >= 4 is 12.4 Å². The molecule has 1 heterocycles. The quantitative estimate of drug-likeness (QED) is 0.857. The summed E-state index contributed by atoms with van der Waals surface area (Å²) in [7, 11) is 2.86. The first-order valence-electron chi connectivity index (χ1n) is 7.20. The number of methoxy groups -OCH3 is 2. The summed E-state index contributed by atoms with van der Waals surface area (Å²) in [5, 5.41) is 9.17. The number of aldehydes is 1. The van der Waals surface area contributed by atoms with Gasteiger partial charge in [0.2, 0.25) is 0 Å². The van der Waals surface area contributed by atoms with Gasteiger partial charge in [0.25, 0.3) is 0 Å². The standard InChI is InChI=1S/C10H9FO2.C8H7FO3/c1-12-9-5-4-8(11)7-3-2-6-13-10(7)9;1-12-7-3-2-6(9)5(4-10)8(7)11/h2-5H,6H2,1H3;2-4,11H,1H3. The average molecular weight is 350 g/mol. The van der Waals surface area contributed by atoms with Crippen molar-refractivity contribution in [3.63, 3.8) is 0 Å². The van der Waals surface area contributed by atoms with Gasteiger partial charge in [-0.1, -0.05) is 0 Å². The van der Waals surface area contributed by atoms with Crippen LogP contribution < -0.4 is 14.2 Å². The van der Waals surface area contributed by atoms with E-state index in [1.807, 2.05) is 0 Å². The molecule has 0 fully saturated rings. The Morgan fingerprint density at radius 1 is 1.08 bits per heavy atom. The summed E-state index contributed by atoms with van der Waals surface area (Å²) in [6, 6.07) is 5.24. The molecule has 0 amide bonds. The molecule has 0 unspecified atom stereocenters. The Balaban J connectivity index is 0.000000181. The van der Waals surface area contributed by atoms with Gasteiger partial charge in [-0.3, -0.25) is 4.79 Å². The molecule has 0 atom stereocenters. The molecule has 1 aliphatic heterocycles. The molecule has 2 aromatic rings. The van der Waals surface area contributed by atoms with Crippen LogP contribution in [0.3, 0.4) is 0 Å². The Bertz CT molecular complexity index is 803. The molecule has 5 nitrogen and oxygen atoms in total. The van der Waals surface area contributed by atoms with Gasteiger partial charge in [-0.05, 0) is 36.4 Å². The van der Waals surface area contributed by atoms with Crippen LogP contribution in [0.4, 0.5) is 8.78 Å². The summed E-state index contributed by atoms with van der Waals surface area (Å²) < 4.78 is 40.9. The van der Waals surface area contributed by atoms with Gasteiger partial charge in [0.15, 0.2) is 29.3 Å².